The molecule has 0 heterocycles. The van der Waals surface area contributed by atoms with E-state index in [1.54, 1.807) is 0 Å². The molecule has 0 rings (SSSR count). The molecule has 1 amide bonds. The molecule has 4 nitrogen and oxygen atoms in total. The number of allylic oxidation sites excluding steroid dienone is 2. The standard InChI is InChI=1S/C38H75NO3/c1-3-5-7-9-11-13-15-16-17-18-19-20-21-22-23-24-25-27-29-31-33-37(41)36(35-40)39-38(42)34-32-30-28-26-14-12-10-8-6-4-2/h8,10,36-37,40-41H,3-7,9,11-35H2,1-2H3,(H,39,42)/b10-8-. The van der Waals surface area contributed by atoms with Crippen molar-refractivity contribution in [2.75, 3.05) is 6.61 Å². The molecule has 2 unspecified atom stereocenters. The molecule has 0 aliphatic heterocycles. The highest BCUT2D eigenvalue weighted by Gasteiger charge is 2.19. The van der Waals surface area contributed by atoms with Gasteiger partial charge in [-0.05, 0) is 32.1 Å². The fraction of sp³-hybridized carbons (Fsp3) is 0.921. The summed E-state index contributed by atoms with van der Waals surface area (Å²) in [6.45, 7) is 4.29. The van der Waals surface area contributed by atoms with Crippen LogP contribution in [0.25, 0.3) is 0 Å². The van der Waals surface area contributed by atoms with Crippen molar-refractivity contribution in [2.24, 2.45) is 0 Å². The average molecular weight is 594 g/mol. The molecule has 42 heavy (non-hydrogen) atoms. The molecule has 0 aromatic rings. The molecule has 0 aromatic heterocycles. The van der Waals surface area contributed by atoms with Crippen LogP contribution in [0.4, 0.5) is 0 Å². The second-order valence-electron chi connectivity index (χ2n) is 13.0. The van der Waals surface area contributed by atoms with E-state index < -0.39 is 12.1 Å². The number of carbonyl (C=O) groups is 1. The summed E-state index contributed by atoms with van der Waals surface area (Å²) in [5, 5.41) is 23.0. The first kappa shape index (κ1) is 41.1. The zero-order chi connectivity index (χ0) is 30.8. The minimum absolute atomic E-state index is 0.0425. The first-order valence-corrected chi connectivity index (χ1v) is 18.9. The molecule has 0 aliphatic rings. The van der Waals surface area contributed by atoms with Gasteiger partial charge >= 0.3 is 0 Å². The van der Waals surface area contributed by atoms with Crippen LogP contribution in [0.15, 0.2) is 12.2 Å². The van der Waals surface area contributed by atoms with Crippen molar-refractivity contribution < 1.29 is 15.0 Å². The average Bonchev–Trinajstić information content (AvgIpc) is 2.99. The van der Waals surface area contributed by atoms with Gasteiger partial charge in [0.2, 0.25) is 5.91 Å². The molecule has 0 aliphatic carbocycles. The predicted octanol–water partition coefficient (Wildman–Crippen LogP) is 11.1. The van der Waals surface area contributed by atoms with E-state index in [9.17, 15) is 15.0 Å². The van der Waals surface area contributed by atoms with E-state index in [4.69, 9.17) is 0 Å². The molecule has 2 atom stereocenters. The normalized spacial score (nSPS) is 13.1. The van der Waals surface area contributed by atoms with Crippen molar-refractivity contribution in [3.8, 4) is 0 Å². The maximum absolute atomic E-state index is 12.3. The van der Waals surface area contributed by atoms with Gasteiger partial charge in [-0.2, -0.15) is 0 Å². The predicted molar refractivity (Wildman–Crippen MR) is 184 cm³/mol. The summed E-state index contributed by atoms with van der Waals surface area (Å²) >= 11 is 0. The minimum atomic E-state index is -0.657. The number of aliphatic hydroxyl groups excluding tert-OH is 2. The fourth-order valence-electron chi connectivity index (χ4n) is 5.83. The fourth-order valence-corrected chi connectivity index (χ4v) is 5.83. The first-order valence-electron chi connectivity index (χ1n) is 18.9. The lowest BCUT2D eigenvalue weighted by Gasteiger charge is -2.22. The van der Waals surface area contributed by atoms with Crippen molar-refractivity contribution in [2.45, 2.75) is 219 Å². The van der Waals surface area contributed by atoms with Gasteiger partial charge in [0.15, 0.2) is 0 Å². The number of nitrogens with one attached hydrogen (secondary N) is 1. The van der Waals surface area contributed by atoms with Crippen molar-refractivity contribution in [3.63, 3.8) is 0 Å². The van der Waals surface area contributed by atoms with E-state index in [2.05, 4.69) is 31.3 Å². The highest BCUT2D eigenvalue weighted by atomic mass is 16.3. The van der Waals surface area contributed by atoms with Crippen LogP contribution >= 0.6 is 0 Å². The number of aliphatic hydroxyl groups is 2. The summed E-state index contributed by atoms with van der Waals surface area (Å²) in [6, 6.07) is -0.535. The minimum Gasteiger partial charge on any atom is -0.394 e. The molecular formula is C38H75NO3. The summed E-state index contributed by atoms with van der Waals surface area (Å²) in [7, 11) is 0. The van der Waals surface area contributed by atoms with Crippen LogP contribution in [0.3, 0.4) is 0 Å². The Morgan fingerprint density at radius 1 is 0.548 bits per heavy atom. The molecule has 250 valence electrons. The lowest BCUT2D eigenvalue weighted by Crippen LogP contribution is -2.45. The number of rotatable bonds is 34. The van der Waals surface area contributed by atoms with E-state index in [1.807, 2.05) is 0 Å². The van der Waals surface area contributed by atoms with Crippen LogP contribution in [0, 0.1) is 0 Å². The van der Waals surface area contributed by atoms with E-state index in [0.717, 1.165) is 32.1 Å². The molecule has 0 radical (unpaired) electrons. The van der Waals surface area contributed by atoms with Crippen LogP contribution in [0.1, 0.15) is 206 Å². The number of unbranched alkanes of at least 4 members (excludes halogenated alkanes) is 25. The van der Waals surface area contributed by atoms with Gasteiger partial charge in [-0.25, -0.2) is 0 Å². The molecule has 0 aromatic carbocycles. The third-order valence-corrected chi connectivity index (χ3v) is 8.76. The lowest BCUT2D eigenvalue weighted by molar-refractivity contribution is -0.123. The van der Waals surface area contributed by atoms with Gasteiger partial charge in [0.05, 0.1) is 18.8 Å². The Labute approximate surface area is 263 Å². The quantitative estimate of drug-likeness (QED) is 0.0513. The summed E-state index contributed by atoms with van der Waals surface area (Å²) in [4.78, 5) is 12.3. The Balaban J connectivity index is 3.49. The third kappa shape index (κ3) is 30.6. The molecular weight excluding hydrogens is 518 g/mol. The van der Waals surface area contributed by atoms with Gasteiger partial charge in [0, 0.05) is 6.42 Å². The second kappa shape index (κ2) is 34.6. The molecule has 0 bridgehead atoms. The molecule has 0 saturated carbocycles. The van der Waals surface area contributed by atoms with E-state index in [-0.39, 0.29) is 12.5 Å². The maximum Gasteiger partial charge on any atom is 0.220 e. The highest BCUT2D eigenvalue weighted by molar-refractivity contribution is 5.76. The van der Waals surface area contributed by atoms with Crippen LogP contribution in [-0.2, 0) is 4.79 Å². The Morgan fingerprint density at radius 2 is 0.952 bits per heavy atom. The van der Waals surface area contributed by atoms with Gasteiger partial charge < -0.3 is 15.5 Å². The van der Waals surface area contributed by atoms with Crippen LogP contribution in [0.2, 0.25) is 0 Å². The molecule has 3 N–H and O–H groups in total. The topological polar surface area (TPSA) is 69.6 Å². The zero-order valence-electron chi connectivity index (χ0n) is 28.5. The lowest BCUT2D eigenvalue weighted by atomic mass is 10.0. The second-order valence-corrected chi connectivity index (χ2v) is 13.0. The van der Waals surface area contributed by atoms with E-state index in [1.165, 1.54) is 148 Å². The van der Waals surface area contributed by atoms with E-state index >= 15 is 0 Å². The zero-order valence-corrected chi connectivity index (χ0v) is 28.5. The Bertz CT molecular complexity index is 565. The molecule has 4 heteroatoms. The van der Waals surface area contributed by atoms with Crippen LogP contribution in [-0.4, -0.2) is 34.9 Å². The number of hydrogen-bond acceptors (Lipinski definition) is 3. The molecule has 0 saturated heterocycles. The highest BCUT2D eigenvalue weighted by Crippen LogP contribution is 2.16. The number of carbonyl (C=O) groups excluding carboxylic acids is 1. The molecule has 0 fully saturated rings. The Kier molecular flexibility index (Phi) is 33.9. The van der Waals surface area contributed by atoms with E-state index in [0.29, 0.717) is 12.8 Å². The maximum atomic E-state index is 12.3. The van der Waals surface area contributed by atoms with Crippen LogP contribution in [0.5, 0.6) is 0 Å². The number of amides is 1. The van der Waals surface area contributed by atoms with Gasteiger partial charge in [0.1, 0.15) is 0 Å². The summed E-state index contributed by atoms with van der Waals surface area (Å²) in [5.41, 5.74) is 0. The smallest absolute Gasteiger partial charge is 0.220 e. The summed E-state index contributed by atoms with van der Waals surface area (Å²) < 4.78 is 0. The first-order chi connectivity index (χ1) is 20.7. The molecule has 0 spiro atoms. The Hall–Kier alpha value is -0.870. The summed E-state index contributed by atoms with van der Waals surface area (Å²) in [5.74, 6) is -0.0425. The van der Waals surface area contributed by atoms with Gasteiger partial charge in [-0.15, -0.1) is 0 Å². The SMILES string of the molecule is CCC/C=C\CCCCCCCC(=O)NC(CO)C(O)CCCCCCCCCCCCCCCCCCCCCC. The summed E-state index contributed by atoms with van der Waals surface area (Å²) in [6.07, 6.45) is 41.3. The van der Waals surface area contributed by atoms with Crippen molar-refractivity contribution in [1.29, 1.82) is 0 Å². The van der Waals surface area contributed by atoms with Gasteiger partial charge in [-0.1, -0.05) is 180 Å². The van der Waals surface area contributed by atoms with Gasteiger partial charge in [0.25, 0.3) is 0 Å². The number of hydrogen-bond donors (Lipinski definition) is 3. The van der Waals surface area contributed by atoms with Crippen molar-refractivity contribution in [1.82, 2.24) is 5.32 Å². The van der Waals surface area contributed by atoms with Gasteiger partial charge in [-0.3, -0.25) is 4.79 Å². The Morgan fingerprint density at radius 3 is 1.40 bits per heavy atom. The third-order valence-electron chi connectivity index (χ3n) is 8.76. The van der Waals surface area contributed by atoms with Crippen molar-refractivity contribution in [3.05, 3.63) is 12.2 Å². The van der Waals surface area contributed by atoms with Crippen molar-refractivity contribution >= 4 is 5.91 Å². The van der Waals surface area contributed by atoms with Crippen LogP contribution < -0.4 is 5.32 Å². The monoisotopic (exact) mass is 594 g/mol. The largest absolute Gasteiger partial charge is 0.394 e.